The van der Waals surface area contributed by atoms with Gasteiger partial charge in [-0.1, -0.05) is 96.1 Å². The van der Waals surface area contributed by atoms with Crippen molar-refractivity contribution in [2.24, 2.45) is 0 Å². The van der Waals surface area contributed by atoms with Crippen LogP contribution in [0.5, 0.6) is 11.5 Å². The van der Waals surface area contributed by atoms with Crippen molar-refractivity contribution in [3.8, 4) is 11.5 Å². The first-order chi connectivity index (χ1) is 22.3. The Balaban J connectivity index is 1.78. The van der Waals surface area contributed by atoms with Gasteiger partial charge in [0.2, 0.25) is 5.91 Å². The highest BCUT2D eigenvalue weighted by Gasteiger charge is 2.29. The zero-order valence-electron chi connectivity index (χ0n) is 27.3. The number of nitrogens with one attached hydrogen (secondary N) is 1. The number of carbonyl (C=O) groups excluding carboxylic acids is 2. The third-order valence-corrected chi connectivity index (χ3v) is 8.26. The molecule has 0 saturated carbocycles. The summed E-state index contributed by atoms with van der Waals surface area (Å²) in [6, 6.07) is 8.08. The number of rotatable bonds is 25. The number of ketones is 1. The quantitative estimate of drug-likeness (QED) is 0.0710. The molecule has 1 aromatic carbocycles. The summed E-state index contributed by atoms with van der Waals surface area (Å²) in [7, 11) is -4.63. The summed E-state index contributed by atoms with van der Waals surface area (Å²) in [5.41, 5.74) is 0.978. The number of hydrogen-bond donors (Lipinski definition) is 3. The molecule has 0 spiro atoms. The summed E-state index contributed by atoms with van der Waals surface area (Å²) < 4.78 is 59.1. The van der Waals surface area contributed by atoms with Crippen LogP contribution in [0.3, 0.4) is 0 Å². The van der Waals surface area contributed by atoms with Crippen molar-refractivity contribution < 1.29 is 46.6 Å². The van der Waals surface area contributed by atoms with Crippen LogP contribution in [-0.2, 0) is 27.2 Å². The Labute approximate surface area is 276 Å². The number of pyridine rings is 1. The van der Waals surface area contributed by atoms with Crippen LogP contribution in [0.2, 0.25) is 0 Å². The topological polar surface area (TPSA) is 135 Å². The molecular formula is C34H50F3N2O7P. The Bertz CT molecular complexity index is 1240. The normalized spacial score (nSPS) is 12.5. The molecule has 47 heavy (non-hydrogen) atoms. The van der Waals surface area contributed by atoms with Gasteiger partial charge >= 0.3 is 13.8 Å². The highest BCUT2D eigenvalue weighted by Crippen LogP contribution is 2.34. The van der Waals surface area contributed by atoms with Gasteiger partial charge < -0.3 is 24.6 Å². The minimum Gasteiger partial charge on any atom is -0.487 e. The van der Waals surface area contributed by atoms with E-state index in [0.29, 0.717) is 23.4 Å². The van der Waals surface area contributed by atoms with E-state index < -0.39 is 38.4 Å². The van der Waals surface area contributed by atoms with Gasteiger partial charge in [0.15, 0.2) is 12.4 Å². The third-order valence-electron chi connectivity index (χ3n) is 7.53. The molecule has 0 aliphatic heterocycles. The molecule has 13 heteroatoms. The molecule has 1 amide bonds. The lowest BCUT2D eigenvalue weighted by Gasteiger charge is -2.19. The molecule has 0 aliphatic rings. The van der Waals surface area contributed by atoms with E-state index in [1.807, 2.05) is 0 Å². The first-order valence-electron chi connectivity index (χ1n) is 16.6. The van der Waals surface area contributed by atoms with Crippen molar-refractivity contribution in [2.45, 2.75) is 122 Å². The maximum atomic E-state index is 12.7. The lowest BCUT2D eigenvalue weighted by atomic mass is 10.0. The molecule has 9 nitrogen and oxygen atoms in total. The standard InChI is InChI=1S/C34H50F3N2O7P/c1-2-3-4-5-6-7-8-9-10-11-12-13-14-15-33(41)39-31(32(40)25-47(42,43)44)22-27-16-18-29(19-17-27)45-24-28-23-30(20-21-38-28)46-26-34(35,36)37/h16-21,23,31H,2-15,22,24-26H2,1H3,(H,39,41)(H2,42,43,44)/t31-/m1/s1. The van der Waals surface area contributed by atoms with E-state index in [-0.39, 0.29) is 31.1 Å². The van der Waals surface area contributed by atoms with Gasteiger partial charge in [0.25, 0.3) is 0 Å². The Morgan fingerprint density at radius 2 is 1.43 bits per heavy atom. The van der Waals surface area contributed by atoms with Crippen LogP contribution >= 0.6 is 7.60 Å². The zero-order chi connectivity index (χ0) is 34.5. The maximum absolute atomic E-state index is 12.7. The van der Waals surface area contributed by atoms with Crippen molar-refractivity contribution in [3.63, 3.8) is 0 Å². The number of unbranched alkanes of at least 4 members (excludes halogenated alkanes) is 12. The van der Waals surface area contributed by atoms with Gasteiger partial charge in [0.1, 0.15) is 24.3 Å². The molecule has 1 atom stereocenters. The van der Waals surface area contributed by atoms with Crippen molar-refractivity contribution in [2.75, 3.05) is 12.8 Å². The number of aromatic nitrogens is 1. The lowest BCUT2D eigenvalue weighted by molar-refractivity contribution is -0.153. The van der Waals surface area contributed by atoms with Gasteiger partial charge in [-0.15, -0.1) is 0 Å². The third kappa shape index (κ3) is 20.1. The summed E-state index contributed by atoms with van der Waals surface area (Å²) in [5, 5.41) is 2.66. The fourth-order valence-electron chi connectivity index (χ4n) is 5.03. The minimum atomic E-state index is -4.63. The largest absolute Gasteiger partial charge is 0.487 e. The summed E-state index contributed by atoms with van der Waals surface area (Å²) >= 11 is 0. The summed E-state index contributed by atoms with van der Waals surface area (Å²) in [5.74, 6) is -0.669. The maximum Gasteiger partial charge on any atom is 0.422 e. The number of amides is 1. The Hall–Kier alpha value is -2.95. The molecule has 2 rings (SSSR count). The second-order valence-corrected chi connectivity index (χ2v) is 13.6. The Kier molecular flexibility index (Phi) is 18.7. The average Bonchev–Trinajstić information content (AvgIpc) is 3.00. The number of benzene rings is 1. The number of ether oxygens (including phenoxy) is 2. The molecule has 1 aromatic heterocycles. The number of Topliss-reactive ketones (excluding diaryl/α,β-unsaturated/α-hetero) is 1. The number of halogens is 3. The van der Waals surface area contributed by atoms with Gasteiger partial charge in [0, 0.05) is 18.7 Å². The van der Waals surface area contributed by atoms with E-state index in [9.17, 15) is 37.1 Å². The van der Waals surface area contributed by atoms with Crippen LogP contribution < -0.4 is 14.8 Å². The van der Waals surface area contributed by atoms with E-state index in [4.69, 9.17) is 9.47 Å². The van der Waals surface area contributed by atoms with Gasteiger partial charge in [-0.2, -0.15) is 13.2 Å². The summed E-state index contributed by atoms with van der Waals surface area (Å²) in [6.45, 7) is 0.762. The monoisotopic (exact) mass is 686 g/mol. The zero-order valence-corrected chi connectivity index (χ0v) is 28.2. The molecule has 0 aliphatic carbocycles. The fraction of sp³-hybridized carbons (Fsp3) is 0.618. The van der Waals surface area contributed by atoms with Gasteiger partial charge in [-0.05, 0) is 36.6 Å². The smallest absolute Gasteiger partial charge is 0.422 e. The Morgan fingerprint density at radius 3 is 1.98 bits per heavy atom. The average molecular weight is 687 g/mol. The first kappa shape index (κ1) is 40.2. The molecule has 0 unspecified atom stereocenters. The predicted molar refractivity (Wildman–Crippen MR) is 174 cm³/mol. The molecule has 0 fully saturated rings. The van der Waals surface area contributed by atoms with Crippen LogP contribution in [0.4, 0.5) is 13.2 Å². The van der Waals surface area contributed by atoms with E-state index >= 15 is 0 Å². The van der Waals surface area contributed by atoms with E-state index in [1.165, 1.54) is 76.1 Å². The molecule has 264 valence electrons. The molecule has 2 aromatic rings. The van der Waals surface area contributed by atoms with Crippen LogP contribution in [0.15, 0.2) is 42.6 Å². The van der Waals surface area contributed by atoms with Crippen molar-refractivity contribution >= 4 is 19.3 Å². The molecule has 0 saturated heterocycles. The number of alkyl halides is 3. The fourth-order valence-corrected chi connectivity index (χ4v) is 5.66. The SMILES string of the molecule is CCCCCCCCCCCCCCCC(=O)N[C@H](Cc1ccc(OCc2cc(OCC(F)(F)F)ccn2)cc1)C(=O)CP(=O)(O)O. The number of hydrogen-bond acceptors (Lipinski definition) is 6. The van der Waals surface area contributed by atoms with Gasteiger partial charge in [0.05, 0.1) is 11.7 Å². The summed E-state index contributed by atoms with van der Waals surface area (Å²) in [6.07, 6.45) is 11.4. The molecule has 1 heterocycles. The Morgan fingerprint density at radius 1 is 0.851 bits per heavy atom. The van der Waals surface area contributed by atoms with Crippen LogP contribution in [-0.4, -0.2) is 51.4 Å². The summed E-state index contributed by atoms with van der Waals surface area (Å²) in [4.78, 5) is 48.1. The van der Waals surface area contributed by atoms with Crippen molar-refractivity contribution in [1.82, 2.24) is 10.3 Å². The highest BCUT2D eigenvalue weighted by atomic mass is 31.2. The van der Waals surface area contributed by atoms with E-state index in [0.717, 1.165) is 19.3 Å². The second-order valence-electron chi connectivity index (χ2n) is 11.9. The lowest BCUT2D eigenvalue weighted by Crippen LogP contribution is -2.43. The number of nitrogens with zero attached hydrogens (tertiary/aromatic N) is 1. The first-order valence-corrected chi connectivity index (χ1v) is 18.4. The molecular weight excluding hydrogens is 636 g/mol. The predicted octanol–water partition coefficient (Wildman–Crippen LogP) is 7.86. The number of carbonyl (C=O) groups is 2. The van der Waals surface area contributed by atoms with Gasteiger partial charge in [-0.25, -0.2) is 0 Å². The van der Waals surface area contributed by atoms with Crippen LogP contribution in [0.1, 0.15) is 108 Å². The van der Waals surface area contributed by atoms with E-state index in [1.54, 1.807) is 24.3 Å². The molecule has 0 bridgehead atoms. The van der Waals surface area contributed by atoms with Crippen molar-refractivity contribution in [1.29, 1.82) is 0 Å². The minimum absolute atomic E-state index is 0.00780. The van der Waals surface area contributed by atoms with E-state index in [2.05, 4.69) is 17.2 Å². The van der Waals surface area contributed by atoms with Gasteiger partial charge in [-0.3, -0.25) is 19.1 Å². The van der Waals surface area contributed by atoms with Crippen LogP contribution in [0, 0.1) is 0 Å². The molecule has 0 radical (unpaired) electrons. The second kappa shape index (κ2) is 21.8. The molecule has 3 N–H and O–H groups in total. The highest BCUT2D eigenvalue weighted by molar-refractivity contribution is 7.52. The van der Waals surface area contributed by atoms with Crippen LogP contribution in [0.25, 0.3) is 0 Å². The van der Waals surface area contributed by atoms with Crippen molar-refractivity contribution in [3.05, 3.63) is 53.9 Å².